The molecule has 0 N–H and O–H groups in total. The van der Waals surface area contributed by atoms with E-state index in [1.807, 2.05) is 39.8 Å². The molecule has 0 aliphatic carbocycles. The van der Waals surface area contributed by atoms with Gasteiger partial charge in [-0.15, -0.1) is 0 Å². The normalized spacial score (nSPS) is 14.3. The molecule has 10 heteroatoms. The molecule has 0 saturated carbocycles. The van der Waals surface area contributed by atoms with Crippen molar-refractivity contribution in [2.45, 2.75) is 59.3 Å². The molecule has 0 unspecified atom stereocenters. The van der Waals surface area contributed by atoms with Crippen LogP contribution in [-0.4, -0.2) is 13.5 Å². The van der Waals surface area contributed by atoms with E-state index in [0.29, 0.717) is 10.4 Å². The molecule has 0 saturated heterocycles. The van der Waals surface area contributed by atoms with Crippen LogP contribution in [0.15, 0.2) is 24.5 Å². The van der Waals surface area contributed by atoms with Crippen molar-refractivity contribution in [2.75, 3.05) is 0 Å². The molecule has 0 amide bonds. The van der Waals surface area contributed by atoms with Crippen LogP contribution < -0.4 is 4.46 Å². The van der Waals surface area contributed by atoms with Crippen molar-refractivity contribution in [1.82, 2.24) is 0 Å². The van der Waals surface area contributed by atoms with Gasteiger partial charge in [0, 0.05) is 0 Å². The van der Waals surface area contributed by atoms with E-state index in [9.17, 15) is 0 Å². The molecule has 0 aliphatic heterocycles. The van der Waals surface area contributed by atoms with Crippen molar-refractivity contribution in [3.63, 3.8) is 0 Å². The van der Waals surface area contributed by atoms with Gasteiger partial charge in [0.2, 0.25) is 0 Å². The summed E-state index contributed by atoms with van der Waals surface area (Å²) in [5, 5.41) is 0. The summed E-state index contributed by atoms with van der Waals surface area (Å²) in [7, 11) is 0. The van der Waals surface area contributed by atoms with Crippen LogP contribution in [0.25, 0.3) is 31.3 Å². The Morgan fingerprint density at radius 2 is 1.08 bits per heavy atom. The third-order valence-electron chi connectivity index (χ3n) is 3.80. The Morgan fingerprint density at radius 1 is 0.720 bits per heavy atom. The maximum absolute atomic E-state index is 9.05. The third kappa shape index (κ3) is 4.40. The molecular weight excluding hydrogens is 385 g/mol. The SMILES string of the molecule is CC(C)c1cc(C(C)C)c([Se](N=[N+]=[N-])(N=[N+]=[N-])N=[N+]=[N-])c(C(C)C)c1. The van der Waals surface area contributed by atoms with Gasteiger partial charge in [-0.1, -0.05) is 0 Å². The molecule has 1 aromatic carbocycles. The van der Waals surface area contributed by atoms with E-state index in [2.05, 4.69) is 41.0 Å². The van der Waals surface area contributed by atoms with Crippen LogP contribution in [0.2, 0.25) is 0 Å². The molecule has 25 heavy (non-hydrogen) atoms. The van der Waals surface area contributed by atoms with E-state index in [1.165, 1.54) is 0 Å². The molecule has 0 spiro atoms. The summed E-state index contributed by atoms with van der Waals surface area (Å²) in [4.78, 5) is 8.53. The van der Waals surface area contributed by atoms with Gasteiger partial charge >= 0.3 is 150 Å². The van der Waals surface area contributed by atoms with E-state index in [4.69, 9.17) is 16.6 Å². The number of nitrogens with zero attached hydrogens (tertiary/aromatic N) is 9. The van der Waals surface area contributed by atoms with E-state index in [0.717, 1.165) is 16.7 Å². The fourth-order valence-corrected chi connectivity index (χ4v) is 6.45. The van der Waals surface area contributed by atoms with E-state index < -0.39 is 13.5 Å². The van der Waals surface area contributed by atoms with Gasteiger partial charge in [-0.05, 0) is 0 Å². The Morgan fingerprint density at radius 3 is 1.32 bits per heavy atom. The summed E-state index contributed by atoms with van der Waals surface area (Å²) >= 11 is -4.05. The molecule has 134 valence electrons. The molecular formula is C15H23N9Se. The third-order valence-corrected chi connectivity index (χ3v) is 7.84. The summed E-state index contributed by atoms with van der Waals surface area (Å²) in [5.41, 5.74) is 30.1. The minimum absolute atomic E-state index is 0.0828. The molecule has 0 aromatic heterocycles. The van der Waals surface area contributed by atoms with Gasteiger partial charge in [-0.3, -0.25) is 0 Å². The number of benzene rings is 1. The van der Waals surface area contributed by atoms with Crippen molar-refractivity contribution in [3.05, 3.63) is 60.2 Å². The second-order valence-electron chi connectivity index (χ2n) is 6.52. The van der Waals surface area contributed by atoms with Crippen molar-refractivity contribution in [2.24, 2.45) is 12.4 Å². The molecule has 0 bridgehead atoms. The van der Waals surface area contributed by atoms with Gasteiger partial charge in [0.25, 0.3) is 0 Å². The first-order chi connectivity index (χ1) is 11.7. The van der Waals surface area contributed by atoms with Gasteiger partial charge in [0.1, 0.15) is 0 Å². The number of hydrogen-bond acceptors (Lipinski definition) is 3. The molecule has 0 heterocycles. The van der Waals surface area contributed by atoms with Gasteiger partial charge in [0.15, 0.2) is 0 Å². The van der Waals surface area contributed by atoms with Crippen molar-refractivity contribution >= 4 is 18.0 Å². The predicted molar refractivity (Wildman–Crippen MR) is 102 cm³/mol. The average molecular weight is 408 g/mol. The van der Waals surface area contributed by atoms with E-state index >= 15 is 0 Å². The van der Waals surface area contributed by atoms with Crippen LogP contribution in [0, 0.1) is 0 Å². The minimum atomic E-state index is -4.05. The summed E-state index contributed by atoms with van der Waals surface area (Å²) in [6.07, 6.45) is 0. The quantitative estimate of drug-likeness (QED) is 0.221. The van der Waals surface area contributed by atoms with Crippen molar-refractivity contribution in [3.8, 4) is 0 Å². The molecule has 9 nitrogen and oxygen atoms in total. The van der Waals surface area contributed by atoms with Crippen molar-refractivity contribution in [1.29, 1.82) is 0 Å². The Bertz CT molecular complexity index is 706. The van der Waals surface area contributed by atoms with Crippen LogP contribution in [-0.2, 0) is 0 Å². The zero-order chi connectivity index (χ0) is 19.2. The van der Waals surface area contributed by atoms with E-state index in [1.54, 1.807) is 0 Å². The Hall–Kier alpha value is -2.33. The van der Waals surface area contributed by atoms with Gasteiger partial charge < -0.3 is 0 Å². The fraction of sp³-hybridized carbons (Fsp3) is 0.600. The summed E-state index contributed by atoms with van der Waals surface area (Å²) in [5.74, 6) is 0.472. The summed E-state index contributed by atoms with van der Waals surface area (Å²) in [6, 6.07) is 4.07. The van der Waals surface area contributed by atoms with Gasteiger partial charge in [-0.25, -0.2) is 0 Å². The molecule has 0 aliphatic rings. The van der Waals surface area contributed by atoms with Crippen LogP contribution >= 0.6 is 0 Å². The molecule has 0 atom stereocenters. The number of azide groups is 1. The van der Waals surface area contributed by atoms with Crippen LogP contribution in [0.3, 0.4) is 0 Å². The van der Waals surface area contributed by atoms with Crippen LogP contribution in [0.1, 0.15) is 76.0 Å². The van der Waals surface area contributed by atoms with Crippen LogP contribution in [0.5, 0.6) is 0 Å². The van der Waals surface area contributed by atoms with Gasteiger partial charge in [-0.2, -0.15) is 0 Å². The monoisotopic (exact) mass is 409 g/mol. The Labute approximate surface area is 150 Å². The Balaban J connectivity index is 4.13. The first-order valence-corrected chi connectivity index (χ1v) is 11.1. The van der Waals surface area contributed by atoms with Crippen molar-refractivity contribution < 1.29 is 0 Å². The van der Waals surface area contributed by atoms with Gasteiger partial charge in [0.05, 0.1) is 0 Å². The summed E-state index contributed by atoms with van der Waals surface area (Å²) in [6.45, 7) is 12.2. The zero-order valence-electron chi connectivity index (χ0n) is 15.3. The summed E-state index contributed by atoms with van der Waals surface area (Å²) < 4.78 is 11.9. The second kappa shape index (κ2) is 8.67. The number of hydrogen-bond donors (Lipinski definition) is 0. The van der Waals surface area contributed by atoms with E-state index in [-0.39, 0.29) is 11.8 Å². The molecule has 0 fully saturated rings. The second-order valence-corrected chi connectivity index (χ2v) is 10.6. The Kier molecular flexibility index (Phi) is 7.19. The molecule has 1 rings (SSSR count). The number of rotatable bonds is 7. The average Bonchev–Trinajstić information content (AvgIpc) is 2.53. The standard InChI is InChI=1S/C15H23N9Se/c1-9(2)12-7-13(10(3)4)15(14(8-12)11(5)6)25(22-19-16,23-20-17)24-21-18/h7-11H,1-6H3. The first-order valence-electron chi connectivity index (χ1n) is 7.94. The molecule has 1 aromatic rings. The topological polar surface area (TPSA) is 146 Å². The zero-order valence-corrected chi connectivity index (χ0v) is 17.0. The first kappa shape index (κ1) is 20.7. The predicted octanol–water partition coefficient (Wildman–Crippen LogP) is 6.13. The molecule has 0 radical (unpaired) electrons. The maximum atomic E-state index is 9.05. The van der Waals surface area contributed by atoms with Crippen LogP contribution in [0.4, 0.5) is 0 Å². The fourth-order valence-electron chi connectivity index (χ4n) is 2.53.